The summed E-state index contributed by atoms with van der Waals surface area (Å²) < 4.78 is 0. The van der Waals surface area contributed by atoms with E-state index < -0.39 is 5.41 Å². The first-order chi connectivity index (χ1) is 10.9. The van der Waals surface area contributed by atoms with Gasteiger partial charge in [0.1, 0.15) is 6.04 Å². The highest BCUT2D eigenvalue weighted by Crippen LogP contribution is 2.31. The lowest BCUT2D eigenvalue weighted by Gasteiger charge is -2.32. The number of carbonyl (C=O) groups is 2. The topological polar surface area (TPSA) is 52.7 Å². The summed E-state index contributed by atoms with van der Waals surface area (Å²) in [4.78, 5) is 29.5. The zero-order chi connectivity index (χ0) is 16.6. The van der Waals surface area contributed by atoms with Gasteiger partial charge in [0.2, 0.25) is 11.8 Å². The van der Waals surface area contributed by atoms with Gasteiger partial charge in [-0.3, -0.25) is 9.59 Å². The molecule has 130 valence electrons. The zero-order valence-electron chi connectivity index (χ0n) is 14.5. The van der Waals surface area contributed by atoms with Crippen LogP contribution in [0.25, 0.3) is 0 Å². The van der Waals surface area contributed by atoms with Gasteiger partial charge in [-0.25, -0.2) is 0 Å². The molecule has 3 rings (SSSR count). The number of likely N-dealkylation sites (tertiary alicyclic amines) is 1. The normalized spacial score (nSPS) is 31.9. The van der Waals surface area contributed by atoms with Crippen molar-refractivity contribution < 1.29 is 9.59 Å². The molecule has 3 atom stereocenters. The van der Waals surface area contributed by atoms with E-state index in [9.17, 15) is 9.59 Å². The first kappa shape index (κ1) is 17.1. The van der Waals surface area contributed by atoms with Crippen molar-refractivity contribution in [2.75, 3.05) is 37.8 Å². The largest absolute Gasteiger partial charge is 0.341 e. The first-order valence-electron chi connectivity index (χ1n) is 8.76. The molecule has 0 saturated carbocycles. The van der Waals surface area contributed by atoms with Gasteiger partial charge in [0.15, 0.2) is 0 Å². The third-order valence-corrected chi connectivity index (χ3v) is 6.41. The lowest BCUT2D eigenvalue weighted by Crippen LogP contribution is -2.51. The number of fused-ring (bicyclic) bond motifs is 1. The summed E-state index contributed by atoms with van der Waals surface area (Å²) >= 11 is 1.70. The van der Waals surface area contributed by atoms with E-state index in [1.807, 2.05) is 25.7 Å². The Hall–Kier alpha value is -0.750. The van der Waals surface area contributed by atoms with Crippen LogP contribution in [0.2, 0.25) is 0 Å². The van der Waals surface area contributed by atoms with Crippen LogP contribution < -0.4 is 5.32 Å². The molecule has 6 heteroatoms. The van der Waals surface area contributed by atoms with Gasteiger partial charge in [0, 0.05) is 24.3 Å². The summed E-state index contributed by atoms with van der Waals surface area (Å²) in [5.74, 6) is 3.09. The van der Waals surface area contributed by atoms with Crippen LogP contribution in [0.4, 0.5) is 0 Å². The quantitative estimate of drug-likeness (QED) is 0.784. The standard InChI is InChI=1S/C17H29N3O2S/c1-17(2,3)16(22)20-11-23-10-14(20)15(21)19-6-4-12-8-18-9-13(12)5-7-19/h12-14,18H,4-11H2,1-3H3/t12-,13+,14?. The van der Waals surface area contributed by atoms with Crippen molar-refractivity contribution in [3.63, 3.8) is 0 Å². The molecule has 0 aromatic heterocycles. The Morgan fingerprint density at radius 3 is 2.26 bits per heavy atom. The smallest absolute Gasteiger partial charge is 0.246 e. The second-order valence-electron chi connectivity index (χ2n) is 8.12. The van der Waals surface area contributed by atoms with Gasteiger partial charge < -0.3 is 15.1 Å². The van der Waals surface area contributed by atoms with E-state index in [1.54, 1.807) is 16.7 Å². The van der Waals surface area contributed by atoms with Crippen LogP contribution in [0.5, 0.6) is 0 Å². The minimum Gasteiger partial charge on any atom is -0.341 e. The molecule has 3 heterocycles. The second-order valence-corrected chi connectivity index (χ2v) is 9.12. The van der Waals surface area contributed by atoms with Gasteiger partial charge in [0.25, 0.3) is 0 Å². The number of rotatable bonds is 1. The Kier molecular flexibility index (Phi) is 4.93. The second kappa shape index (κ2) is 6.63. The third-order valence-electron chi connectivity index (χ3n) is 5.40. The van der Waals surface area contributed by atoms with Crippen LogP contribution in [0.3, 0.4) is 0 Å². The fourth-order valence-corrected chi connectivity index (χ4v) is 5.07. The minimum absolute atomic E-state index is 0.0942. The molecule has 23 heavy (non-hydrogen) atoms. The molecule has 0 spiro atoms. The van der Waals surface area contributed by atoms with Crippen LogP contribution in [0.1, 0.15) is 33.6 Å². The average molecular weight is 340 g/mol. The number of nitrogens with one attached hydrogen (secondary N) is 1. The number of hydrogen-bond acceptors (Lipinski definition) is 4. The number of amides is 2. The number of nitrogens with zero attached hydrogens (tertiary/aromatic N) is 2. The van der Waals surface area contributed by atoms with Gasteiger partial charge >= 0.3 is 0 Å². The van der Waals surface area contributed by atoms with Crippen molar-refractivity contribution in [2.45, 2.75) is 39.7 Å². The Labute approximate surface area is 143 Å². The molecule has 1 unspecified atom stereocenters. The molecule has 3 saturated heterocycles. The van der Waals surface area contributed by atoms with Crippen molar-refractivity contribution in [3.8, 4) is 0 Å². The van der Waals surface area contributed by atoms with E-state index >= 15 is 0 Å². The highest BCUT2D eigenvalue weighted by atomic mass is 32.2. The molecule has 0 aromatic carbocycles. The lowest BCUT2D eigenvalue weighted by molar-refractivity contribution is -0.147. The summed E-state index contributed by atoms with van der Waals surface area (Å²) in [5, 5.41) is 3.47. The molecule has 3 aliphatic rings. The van der Waals surface area contributed by atoms with Gasteiger partial charge in [0.05, 0.1) is 5.88 Å². The van der Waals surface area contributed by atoms with E-state index in [1.165, 1.54) is 0 Å². The molecule has 1 N–H and O–H groups in total. The number of carbonyl (C=O) groups excluding carboxylic acids is 2. The lowest BCUT2D eigenvalue weighted by atomic mass is 9.92. The summed E-state index contributed by atoms with van der Waals surface area (Å²) in [7, 11) is 0. The monoisotopic (exact) mass is 339 g/mol. The van der Waals surface area contributed by atoms with Crippen molar-refractivity contribution in [3.05, 3.63) is 0 Å². The van der Waals surface area contributed by atoms with Crippen molar-refractivity contribution >= 4 is 23.6 Å². The summed E-state index contributed by atoms with van der Waals surface area (Å²) in [6.07, 6.45) is 2.19. The highest BCUT2D eigenvalue weighted by molar-refractivity contribution is 7.99. The maximum atomic E-state index is 13.0. The highest BCUT2D eigenvalue weighted by Gasteiger charge is 2.41. The van der Waals surface area contributed by atoms with Crippen molar-refractivity contribution in [2.24, 2.45) is 17.3 Å². The fraction of sp³-hybridized carbons (Fsp3) is 0.882. The Morgan fingerprint density at radius 2 is 1.70 bits per heavy atom. The molecule has 3 aliphatic heterocycles. The first-order valence-corrected chi connectivity index (χ1v) is 9.91. The van der Waals surface area contributed by atoms with Gasteiger partial charge in [-0.2, -0.15) is 0 Å². The predicted octanol–water partition coefficient (Wildman–Crippen LogP) is 1.39. The molecular formula is C17H29N3O2S. The van der Waals surface area contributed by atoms with Gasteiger partial charge in [-0.1, -0.05) is 20.8 Å². The minimum atomic E-state index is -0.426. The maximum Gasteiger partial charge on any atom is 0.246 e. The van der Waals surface area contributed by atoms with Crippen LogP contribution >= 0.6 is 11.8 Å². The van der Waals surface area contributed by atoms with E-state index in [0.29, 0.717) is 5.88 Å². The van der Waals surface area contributed by atoms with Crippen molar-refractivity contribution in [1.82, 2.24) is 15.1 Å². The van der Waals surface area contributed by atoms with E-state index in [0.717, 1.165) is 56.6 Å². The fourth-order valence-electron chi connectivity index (χ4n) is 3.93. The third kappa shape index (κ3) is 3.53. The summed E-state index contributed by atoms with van der Waals surface area (Å²) in [6.45, 7) is 9.68. The molecular weight excluding hydrogens is 310 g/mol. The van der Waals surface area contributed by atoms with Crippen LogP contribution in [-0.2, 0) is 9.59 Å². The molecule has 0 bridgehead atoms. The molecule has 3 fully saturated rings. The SMILES string of the molecule is CC(C)(C)C(=O)N1CSCC1C(=O)N1CC[C@@H]2CNC[C@@H]2CC1. The van der Waals surface area contributed by atoms with E-state index in [-0.39, 0.29) is 17.9 Å². The molecule has 0 radical (unpaired) electrons. The van der Waals surface area contributed by atoms with Crippen LogP contribution in [0, 0.1) is 17.3 Å². The zero-order valence-corrected chi connectivity index (χ0v) is 15.3. The van der Waals surface area contributed by atoms with Crippen molar-refractivity contribution in [1.29, 1.82) is 0 Å². The Bertz CT molecular complexity index is 463. The Balaban J connectivity index is 1.66. The van der Waals surface area contributed by atoms with E-state index in [2.05, 4.69) is 5.32 Å². The number of thioether (sulfide) groups is 1. The van der Waals surface area contributed by atoms with Crippen LogP contribution in [-0.4, -0.2) is 65.5 Å². The summed E-state index contributed by atoms with van der Waals surface area (Å²) in [6, 6.07) is -0.261. The molecule has 0 aliphatic carbocycles. The molecule has 0 aromatic rings. The Morgan fingerprint density at radius 1 is 1.09 bits per heavy atom. The van der Waals surface area contributed by atoms with Crippen LogP contribution in [0.15, 0.2) is 0 Å². The molecule has 2 amide bonds. The predicted molar refractivity (Wildman–Crippen MR) is 93.1 cm³/mol. The van der Waals surface area contributed by atoms with E-state index in [4.69, 9.17) is 0 Å². The van der Waals surface area contributed by atoms with Gasteiger partial charge in [-0.05, 0) is 37.8 Å². The average Bonchev–Trinajstić information content (AvgIpc) is 3.10. The molecule has 5 nitrogen and oxygen atoms in total. The summed E-state index contributed by atoms with van der Waals surface area (Å²) in [5.41, 5.74) is -0.426. The number of hydrogen-bond donors (Lipinski definition) is 1. The maximum absolute atomic E-state index is 13.0. The van der Waals surface area contributed by atoms with Gasteiger partial charge in [-0.15, -0.1) is 11.8 Å².